The van der Waals surface area contributed by atoms with Crippen LogP contribution in [0.15, 0.2) is 62.3 Å². The van der Waals surface area contributed by atoms with Gasteiger partial charge in [0.05, 0.1) is 26.4 Å². The molecule has 0 saturated heterocycles. The van der Waals surface area contributed by atoms with E-state index in [1.54, 1.807) is 36.4 Å². The fourth-order valence-electron chi connectivity index (χ4n) is 3.87. The second kappa shape index (κ2) is 12.4. The number of fused-ring (bicyclic) bond motifs is 1. The van der Waals surface area contributed by atoms with E-state index in [0.29, 0.717) is 31.2 Å². The molecule has 1 N–H and O–H groups in total. The Morgan fingerprint density at radius 2 is 1.35 bits per heavy atom. The van der Waals surface area contributed by atoms with Gasteiger partial charge in [0.15, 0.2) is 11.2 Å². The number of rotatable bonds is 7. The Balaban J connectivity index is 1.49. The molecule has 43 heavy (non-hydrogen) atoms. The molecule has 5 rings (SSSR count). The number of anilines is 1. The van der Waals surface area contributed by atoms with Gasteiger partial charge in [-0.05, 0) is 24.3 Å². The number of carbonyl (C=O) groups excluding carboxylic acids is 1. The number of carbonyl (C=O) groups is 1. The average molecular weight is 660 g/mol. The van der Waals surface area contributed by atoms with Crippen LogP contribution in [-0.2, 0) is 25.4 Å². The van der Waals surface area contributed by atoms with Gasteiger partial charge in [0.25, 0.3) is 17.5 Å². The first kappa shape index (κ1) is 30.0. The molecule has 1 amide bonds. The maximum atomic E-state index is 13.0. The molecule has 0 atom stereocenters. The molecule has 218 valence electrons. The number of nitrogens with one attached hydrogen (secondary N) is 1. The van der Waals surface area contributed by atoms with E-state index in [0.717, 1.165) is 4.57 Å². The molecule has 3 heterocycles. The SMILES string of the molecule is Cn1c(=O)c2c(ncn2CC(=O)Nc2nc(/N=C/c3c(Cl)cccc3Cl)nc(/N=C/c3c(Cl)cccc3Cl)n2)n(C)c1=O. The van der Waals surface area contributed by atoms with Gasteiger partial charge in [0, 0.05) is 37.7 Å². The van der Waals surface area contributed by atoms with Gasteiger partial charge in [-0.15, -0.1) is 0 Å². The number of hydrogen-bond donors (Lipinski definition) is 1. The number of amides is 1. The number of halogens is 4. The number of benzene rings is 2. The van der Waals surface area contributed by atoms with Crippen molar-refractivity contribution >= 4 is 93.7 Å². The molecular formula is C26H18Cl4N10O3. The number of aryl methyl sites for hydroxylation is 1. The second-order valence-electron chi connectivity index (χ2n) is 8.84. The van der Waals surface area contributed by atoms with Gasteiger partial charge in [-0.3, -0.25) is 24.0 Å². The Morgan fingerprint density at radius 3 is 1.86 bits per heavy atom. The van der Waals surface area contributed by atoms with E-state index in [1.807, 2.05) is 0 Å². The third-order valence-electron chi connectivity index (χ3n) is 6.01. The van der Waals surface area contributed by atoms with Gasteiger partial charge in [-0.25, -0.2) is 19.8 Å². The first-order valence-corrected chi connectivity index (χ1v) is 13.7. The van der Waals surface area contributed by atoms with Gasteiger partial charge >= 0.3 is 5.69 Å². The zero-order chi connectivity index (χ0) is 30.8. The number of imidazole rings is 1. The van der Waals surface area contributed by atoms with E-state index in [9.17, 15) is 14.4 Å². The Labute approximate surface area is 262 Å². The van der Waals surface area contributed by atoms with Crippen LogP contribution in [0, 0.1) is 0 Å². The summed E-state index contributed by atoms with van der Waals surface area (Å²) >= 11 is 25.0. The van der Waals surface area contributed by atoms with Crippen molar-refractivity contribution in [3.05, 3.63) is 94.8 Å². The lowest BCUT2D eigenvalue weighted by atomic mass is 10.2. The van der Waals surface area contributed by atoms with Crippen LogP contribution in [0.2, 0.25) is 20.1 Å². The van der Waals surface area contributed by atoms with Gasteiger partial charge in [-0.1, -0.05) is 58.5 Å². The van der Waals surface area contributed by atoms with Crippen molar-refractivity contribution in [1.82, 2.24) is 33.6 Å². The summed E-state index contributed by atoms with van der Waals surface area (Å²) in [5.74, 6) is -1.07. The minimum absolute atomic E-state index is 0.0687. The summed E-state index contributed by atoms with van der Waals surface area (Å²) in [6.45, 7) is -0.350. The summed E-state index contributed by atoms with van der Waals surface area (Å²) in [5.41, 5.74) is -0.103. The molecule has 0 radical (unpaired) electrons. The van der Waals surface area contributed by atoms with Crippen molar-refractivity contribution in [3.63, 3.8) is 0 Å². The Kier molecular flexibility index (Phi) is 8.69. The van der Waals surface area contributed by atoms with Gasteiger partial charge in [0.2, 0.25) is 11.9 Å². The predicted molar refractivity (Wildman–Crippen MR) is 166 cm³/mol. The Morgan fingerprint density at radius 1 is 0.837 bits per heavy atom. The van der Waals surface area contributed by atoms with Crippen molar-refractivity contribution in [2.24, 2.45) is 24.1 Å². The third kappa shape index (κ3) is 6.34. The van der Waals surface area contributed by atoms with E-state index >= 15 is 0 Å². The molecule has 3 aromatic heterocycles. The molecule has 0 saturated carbocycles. The lowest BCUT2D eigenvalue weighted by Gasteiger charge is -2.08. The van der Waals surface area contributed by atoms with Crippen LogP contribution < -0.4 is 16.6 Å². The lowest BCUT2D eigenvalue weighted by molar-refractivity contribution is -0.116. The van der Waals surface area contributed by atoms with E-state index < -0.39 is 17.2 Å². The quantitative estimate of drug-likeness (QED) is 0.254. The molecule has 0 aliphatic carbocycles. The van der Waals surface area contributed by atoms with Crippen molar-refractivity contribution in [3.8, 4) is 0 Å². The molecule has 13 nitrogen and oxygen atoms in total. The van der Waals surface area contributed by atoms with Crippen LogP contribution in [0.5, 0.6) is 0 Å². The zero-order valence-electron chi connectivity index (χ0n) is 22.2. The number of hydrogen-bond acceptors (Lipinski definition) is 9. The van der Waals surface area contributed by atoms with E-state index in [-0.39, 0.29) is 35.6 Å². The predicted octanol–water partition coefficient (Wildman–Crippen LogP) is 4.37. The molecule has 0 aliphatic rings. The minimum atomic E-state index is -0.616. The Bertz CT molecular complexity index is 1960. The van der Waals surface area contributed by atoms with Crippen LogP contribution in [0.3, 0.4) is 0 Å². The standard InChI is InChI=1S/C26H18Cl4N10O3/c1-38-21-20(22(42)39(2)26(38)43)40(12-33-21)11-19(41)34-25-36-23(31-9-13-15(27)5-3-6-16(13)28)35-24(37-25)32-10-14-17(29)7-4-8-18(14)30/h3-10,12H,11H2,1-2H3,(H,34,35,36,37,41)/b31-9+,32-10+. The first-order chi connectivity index (χ1) is 20.5. The molecule has 0 fully saturated rings. The topological polar surface area (TPSA) is 154 Å². The Hall–Kier alpha value is -4.43. The first-order valence-electron chi connectivity index (χ1n) is 12.2. The zero-order valence-corrected chi connectivity index (χ0v) is 25.2. The fraction of sp³-hybridized carbons (Fsp3) is 0.115. The highest BCUT2D eigenvalue weighted by molar-refractivity contribution is 6.39. The highest BCUT2D eigenvalue weighted by Gasteiger charge is 2.17. The molecule has 17 heteroatoms. The summed E-state index contributed by atoms with van der Waals surface area (Å²) in [4.78, 5) is 63.2. The number of aliphatic imine (C=N–C) groups is 2. The average Bonchev–Trinajstić information content (AvgIpc) is 3.37. The van der Waals surface area contributed by atoms with Gasteiger partial charge in [0.1, 0.15) is 6.54 Å². The van der Waals surface area contributed by atoms with Gasteiger partial charge < -0.3 is 4.57 Å². The number of nitrogens with zero attached hydrogens (tertiary/aromatic N) is 9. The van der Waals surface area contributed by atoms with E-state index in [1.165, 1.54) is 42.0 Å². The smallest absolute Gasteiger partial charge is 0.315 e. The molecule has 5 aromatic rings. The van der Waals surface area contributed by atoms with Crippen molar-refractivity contribution in [1.29, 1.82) is 0 Å². The molecule has 0 spiro atoms. The molecular weight excluding hydrogens is 642 g/mol. The normalized spacial score (nSPS) is 11.7. The largest absolute Gasteiger partial charge is 0.332 e. The van der Waals surface area contributed by atoms with Crippen LogP contribution in [0.4, 0.5) is 17.8 Å². The molecule has 0 aliphatic heterocycles. The highest BCUT2D eigenvalue weighted by atomic mass is 35.5. The summed E-state index contributed by atoms with van der Waals surface area (Å²) in [5, 5.41) is 3.94. The second-order valence-corrected chi connectivity index (χ2v) is 10.5. The third-order valence-corrected chi connectivity index (χ3v) is 7.33. The highest BCUT2D eigenvalue weighted by Crippen LogP contribution is 2.25. The maximum absolute atomic E-state index is 13.0. The summed E-state index contributed by atoms with van der Waals surface area (Å²) < 4.78 is 3.45. The van der Waals surface area contributed by atoms with E-state index in [2.05, 4.69) is 35.2 Å². The molecule has 2 aromatic carbocycles. The monoisotopic (exact) mass is 658 g/mol. The van der Waals surface area contributed by atoms with Crippen molar-refractivity contribution in [2.75, 3.05) is 5.32 Å². The minimum Gasteiger partial charge on any atom is -0.315 e. The van der Waals surface area contributed by atoms with Crippen LogP contribution >= 0.6 is 46.4 Å². The molecule has 0 bridgehead atoms. The van der Waals surface area contributed by atoms with E-state index in [4.69, 9.17) is 46.4 Å². The van der Waals surface area contributed by atoms with Crippen molar-refractivity contribution in [2.45, 2.75) is 6.54 Å². The van der Waals surface area contributed by atoms with Crippen LogP contribution in [-0.4, -0.2) is 52.0 Å². The number of aromatic nitrogens is 7. The van der Waals surface area contributed by atoms with Gasteiger partial charge in [-0.2, -0.15) is 15.0 Å². The fourth-order valence-corrected chi connectivity index (χ4v) is 4.86. The summed E-state index contributed by atoms with van der Waals surface area (Å²) in [6, 6.07) is 9.93. The summed E-state index contributed by atoms with van der Waals surface area (Å²) in [7, 11) is 2.81. The molecule has 0 unspecified atom stereocenters. The maximum Gasteiger partial charge on any atom is 0.332 e. The van der Waals surface area contributed by atoms with Crippen molar-refractivity contribution < 1.29 is 4.79 Å². The van der Waals surface area contributed by atoms with Crippen LogP contribution in [0.25, 0.3) is 11.2 Å². The van der Waals surface area contributed by atoms with Crippen LogP contribution in [0.1, 0.15) is 11.1 Å². The summed E-state index contributed by atoms with van der Waals surface area (Å²) in [6.07, 6.45) is 4.01. The lowest BCUT2D eigenvalue weighted by Crippen LogP contribution is -2.37.